The number of ether oxygens (including phenoxy) is 1. The number of halogens is 3. The Balaban J connectivity index is 2.07. The topological polar surface area (TPSA) is 70.9 Å². The predicted octanol–water partition coefficient (Wildman–Crippen LogP) is 5.51. The van der Waals surface area contributed by atoms with Gasteiger partial charge >= 0.3 is 0 Å². The lowest BCUT2D eigenvalue weighted by Gasteiger charge is -2.13. The molecule has 1 atom stereocenters. The second-order valence-electron chi connectivity index (χ2n) is 5.51. The number of carbonyl (C=O) groups excluding carboxylic acids is 1. The number of carbonyl (C=O) groups is 1. The number of phenolic OH excluding ortho intramolecular Hbond substituents is 1. The average Bonchev–Trinajstić information content (AvgIpc) is 2.60. The maximum atomic E-state index is 12.2. The lowest BCUT2D eigenvalue weighted by molar-refractivity contribution is 0.0952. The van der Waals surface area contributed by atoms with Crippen LogP contribution in [0.5, 0.6) is 11.5 Å². The number of aromatic hydroxyl groups is 1. The molecule has 2 rings (SSSR count). The molecule has 0 aliphatic heterocycles. The Morgan fingerprint density at radius 3 is 2.77 bits per heavy atom. The first-order chi connectivity index (χ1) is 12.3. The molecular formula is C18H17Br2ClN2O3. The summed E-state index contributed by atoms with van der Waals surface area (Å²) in [5, 5.41) is 14.3. The lowest BCUT2D eigenvalue weighted by atomic mass is 10.2. The molecule has 0 saturated heterocycles. The molecule has 0 aliphatic carbocycles. The standard InChI is InChI=1S/C18H17Br2ClN2O3/c1-3-10(2)26-16-5-4-11(6-15(16)21)9-22-23-18(25)13-7-12(19)8-14(20)17(13)24/h4-10,24H,3H2,1-2H3,(H,23,25)/b22-9-/t10-/m1/s1. The summed E-state index contributed by atoms with van der Waals surface area (Å²) in [6.45, 7) is 4.00. The van der Waals surface area contributed by atoms with Crippen LogP contribution in [-0.4, -0.2) is 23.3 Å². The molecule has 2 N–H and O–H groups in total. The lowest BCUT2D eigenvalue weighted by Crippen LogP contribution is -2.18. The van der Waals surface area contributed by atoms with Gasteiger partial charge in [0.25, 0.3) is 5.91 Å². The summed E-state index contributed by atoms with van der Waals surface area (Å²) < 4.78 is 6.76. The minimum atomic E-state index is -0.538. The van der Waals surface area contributed by atoms with Crippen LogP contribution in [0.15, 0.2) is 44.4 Å². The van der Waals surface area contributed by atoms with Crippen molar-refractivity contribution in [2.45, 2.75) is 26.4 Å². The SMILES string of the molecule is CC[C@@H](C)Oc1ccc(/C=N\NC(=O)c2cc(Br)cc(Br)c2O)cc1Cl. The summed E-state index contributed by atoms with van der Waals surface area (Å²) in [5.41, 5.74) is 3.17. The third-order valence-electron chi connectivity index (χ3n) is 3.51. The molecule has 138 valence electrons. The van der Waals surface area contributed by atoms with Crippen molar-refractivity contribution in [1.29, 1.82) is 0 Å². The number of hydrogen-bond acceptors (Lipinski definition) is 4. The van der Waals surface area contributed by atoms with Crippen LogP contribution >= 0.6 is 43.5 Å². The Bertz CT molecular complexity index is 843. The van der Waals surface area contributed by atoms with Gasteiger partial charge in [0.05, 0.1) is 27.4 Å². The zero-order chi connectivity index (χ0) is 19.3. The fourth-order valence-corrected chi connectivity index (χ4v) is 3.42. The van der Waals surface area contributed by atoms with Crippen molar-refractivity contribution >= 4 is 55.6 Å². The molecule has 0 bridgehead atoms. The number of nitrogens with zero attached hydrogens (tertiary/aromatic N) is 1. The molecule has 0 heterocycles. The Hall–Kier alpha value is -1.57. The first-order valence-corrected chi connectivity index (χ1v) is 9.75. The molecule has 1 amide bonds. The van der Waals surface area contributed by atoms with E-state index in [-0.39, 0.29) is 17.4 Å². The predicted molar refractivity (Wildman–Crippen MR) is 110 cm³/mol. The van der Waals surface area contributed by atoms with Crippen LogP contribution in [0.25, 0.3) is 0 Å². The van der Waals surface area contributed by atoms with E-state index in [1.165, 1.54) is 12.3 Å². The van der Waals surface area contributed by atoms with Gasteiger partial charge in [-0.1, -0.05) is 34.5 Å². The van der Waals surface area contributed by atoms with Gasteiger partial charge in [0.1, 0.15) is 11.5 Å². The van der Waals surface area contributed by atoms with Gasteiger partial charge in [-0.25, -0.2) is 5.43 Å². The summed E-state index contributed by atoms with van der Waals surface area (Å²) in [5.74, 6) is -0.0924. The van der Waals surface area contributed by atoms with Gasteiger partial charge in [-0.15, -0.1) is 0 Å². The molecular weight excluding hydrogens is 487 g/mol. The van der Waals surface area contributed by atoms with E-state index >= 15 is 0 Å². The Labute approximate surface area is 173 Å². The molecule has 26 heavy (non-hydrogen) atoms. The first kappa shape index (κ1) is 20.7. The van der Waals surface area contributed by atoms with Crippen molar-refractivity contribution in [3.05, 3.63) is 55.4 Å². The molecule has 5 nitrogen and oxygen atoms in total. The van der Waals surface area contributed by atoms with E-state index in [0.717, 1.165) is 6.42 Å². The zero-order valence-corrected chi connectivity index (χ0v) is 18.0. The molecule has 0 unspecified atom stereocenters. The van der Waals surface area contributed by atoms with Crippen LogP contribution in [-0.2, 0) is 0 Å². The number of hydrogen-bond donors (Lipinski definition) is 2. The molecule has 2 aromatic rings. The third-order valence-corrected chi connectivity index (χ3v) is 4.87. The van der Waals surface area contributed by atoms with E-state index < -0.39 is 5.91 Å². The van der Waals surface area contributed by atoms with Gasteiger partial charge in [0.2, 0.25) is 0 Å². The van der Waals surface area contributed by atoms with E-state index in [1.807, 2.05) is 13.8 Å². The molecule has 0 radical (unpaired) electrons. The number of rotatable bonds is 6. The number of nitrogens with one attached hydrogen (secondary N) is 1. The van der Waals surface area contributed by atoms with E-state index in [4.69, 9.17) is 16.3 Å². The minimum Gasteiger partial charge on any atom is -0.506 e. The van der Waals surface area contributed by atoms with Gasteiger partial charge in [0.15, 0.2) is 0 Å². The van der Waals surface area contributed by atoms with Crippen LogP contribution < -0.4 is 10.2 Å². The molecule has 0 fully saturated rings. The molecule has 0 saturated carbocycles. The van der Waals surface area contributed by atoms with Gasteiger partial charge in [-0.3, -0.25) is 4.79 Å². The minimum absolute atomic E-state index is 0.0727. The first-order valence-electron chi connectivity index (χ1n) is 7.79. The Morgan fingerprint density at radius 1 is 1.38 bits per heavy atom. The third kappa shape index (κ3) is 5.46. The smallest absolute Gasteiger partial charge is 0.275 e. The van der Waals surface area contributed by atoms with Gasteiger partial charge in [-0.05, 0) is 65.2 Å². The highest BCUT2D eigenvalue weighted by Gasteiger charge is 2.14. The number of hydrazone groups is 1. The molecule has 8 heteroatoms. The van der Waals surface area contributed by atoms with Crippen LogP contribution in [0.2, 0.25) is 5.02 Å². The van der Waals surface area contributed by atoms with Gasteiger partial charge in [0, 0.05) is 4.47 Å². The fraction of sp³-hybridized carbons (Fsp3) is 0.222. The number of amides is 1. The summed E-state index contributed by atoms with van der Waals surface area (Å²) in [6.07, 6.45) is 2.41. The van der Waals surface area contributed by atoms with Crippen LogP contribution in [0, 0.1) is 0 Å². The normalized spacial score (nSPS) is 12.2. The van der Waals surface area contributed by atoms with Crippen molar-refractivity contribution in [2.75, 3.05) is 0 Å². The van der Waals surface area contributed by atoms with E-state index in [0.29, 0.717) is 25.3 Å². The van der Waals surface area contributed by atoms with Gasteiger partial charge in [-0.2, -0.15) is 5.10 Å². The Morgan fingerprint density at radius 2 is 2.12 bits per heavy atom. The highest BCUT2D eigenvalue weighted by Crippen LogP contribution is 2.31. The summed E-state index contributed by atoms with van der Waals surface area (Å²) in [4.78, 5) is 12.2. The second kappa shape index (κ2) is 9.39. The highest BCUT2D eigenvalue weighted by molar-refractivity contribution is 9.11. The van der Waals surface area contributed by atoms with Crippen molar-refractivity contribution in [2.24, 2.45) is 5.10 Å². The van der Waals surface area contributed by atoms with Crippen molar-refractivity contribution in [1.82, 2.24) is 5.43 Å². The average molecular weight is 505 g/mol. The van der Waals surface area contributed by atoms with Crippen molar-refractivity contribution in [3.8, 4) is 11.5 Å². The molecule has 0 aliphatic rings. The van der Waals surface area contributed by atoms with E-state index in [2.05, 4.69) is 42.4 Å². The second-order valence-corrected chi connectivity index (χ2v) is 7.69. The largest absolute Gasteiger partial charge is 0.506 e. The molecule has 2 aromatic carbocycles. The Kier molecular flexibility index (Phi) is 7.49. The van der Waals surface area contributed by atoms with E-state index in [1.54, 1.807) is 24.3 Å². The summed E-state index contributed by atoms with van der Waals surface area (Å²) in [6, 6.07) is 8.38. The highest BCUT2D eigenvalue weighted by atomic mass is 79.9. The van der Waals surface area contributed by atoms with Crippen LogP contribution in [0.3, 0.4) is 0 Å². The monoisotopic (exact) mass is 502 g/mol. The van der Waals surface area contributed by atoms with Crippen molar-refractivity contribution < 1.29 is 14.6 Å². The summed E-state index contributed by atoms with van der Waals surface area (Å²) in [7, 11) is 0. The molecule has 0 spiro atoms. The van der Waals surface area contributed by atoms with Crippen LogP contribution in [0.1, 0.15) is 36.2 Å². The van der Waals surface area contributed by atoms with Crippen molar-refractivity contribution in [3.63, 3.8) is 0 Å². The van der Waals surface area contributed by atoms with Crippen LogP contribution in [0.4, 0.5) is 0 Å². The number of phenols is 1. The summed E-state index contributed by atoms with van der Waals surface area (Å²) >= 11 is 12.7. The maximum Gasteiger partial charge on any atom is 0.275 e. The van der Waals surface area contributed by atoms with E-state index in [9.17, 15) is 9.90 Å². The zero-order valence-electron chi connectivity index (χ0n) is 14.1. The maximum absolute atomic E-state index is 12.2. The number of benzene rings is 2. The van der Waals surface area contributed by atoms with Gasteiger partial charge < -0.3 is 9.84 Å². The fourth-order valence-electron chi connectivity index (χ4n) is 1.96. The quantitative estimate of drug-likeness (QED) is 0.403. The molecule has 0 aromatic heterocycles.